The van der Waals surface area contributed by atoms with Crippen LogP contribution in [0.15, 0.2) is 0 Å². The summed E-state index contributed by atoms with van der Waals surface area (Å²) >= 11 is 0. The van der Waals surface area contributed by atoms with Crippen molar-refractivity contribution in [2.45, 2.75) is 83.9 Å². The van der Waals surface area contributed by atoms with E-state index in [4.69, 9.17) is 4.74 Å². The Morgan fingerprint density at radius 3 is 2.52 bits per heavy atom. The number of carbonyl (C=O) groups is 2. The first-order valence-electron chi connectivity index (χ1n) is 11.4. The number of phenols is 1. The number of nitrogens with one attached hydrogen (secondary N) is 2. The van der Waals surface area contributed by atoms with Gasteiger partial charge in [0.15, 0.2) is 5.60 Å². The van der Waals surface area contributed by atoms with Crippen LogP contribution in [0.4, 0.5) is 0 Å². The molecular formula is C24H34N2O5. The summed E-state index contributed by atoms with van der Waals surface area (Å²) in [5.74, 6) is 1.37. The van der Waals surface area contributed by atoms with Crippen molar-refractivity contribution in [2.75, 3.05) is 6.61 Å². The maximum atomic E-state index is 13.1. The largest absolute Gasteiger partial charge is 0.507 e. The van der Waals surface area contributed by atoms with Gasteiger partial charge in [0.1, 0.15) is 17.5 Å². The van der Waals surface area contributed by atoms with Gasteiger partial charge in [-0.2, -0.15) is 0 Å². The van der Waals surface area contributed by atoms with Gasteiger partial charge in [-0.3, -0.25) is 9.59 Å². The first-order chi connectivity index (χ1) is 14.6. The number of aliphatic hydroxyl groups is 1. The van der Waals surface area contributed by atoms with Gasteiger partial charge in [0.2, 0.25) is 5.91 Å². The van der Waals surface area contributed by atoms with Crippen LogP contribution in [0.3, 0.4) is 0 Å². The van der Waals surface area contributed by atoms with Crippen molar-refractivity contribution in [3.05, 3.63) is 22.3 Å². The molecule has 2 fully saturated rings. The molecule has 5 atom stereocenters. The standard InChI is InChI=1S/C24H34N2O5/c1-12-13(2)21-17(14(3)20(12)28)7-8-24(4,31-21)23(30)26-19(11-27)22(29)25-18-10-15-5-6-16(18)9-15/h15-16,18-19,27-28H,5-11H2,1-4H3,(H,25,29)(H,26,30)/t15?,16?,18?,19-,24?/m0/s1. The average molecular weight is 431 g/mol. The zero-order chi connectivity index (χ0) is 22.5. The molecule has 4 N–H and O–H groups in total. The molecule has 7 heteroatoms. The van der Waals surface area contributed by atoms with Crippen LogP contribution in [-0.2, 0) is 16.0 Å². The molecule has 2 amide bonds. The van der Waals surface area contributed by atoms with E-state index in [0.29, 0.717) is 30.4 Å². The Morgan fingerprint density at radius 1 is 1.16 bits per heavy atom. The second kappa shape index (κ2) is 8.01. The van der Waals surface area contributed by atoms with E-state index in [-0.39, 0.29) is 17.7 Å². The summed E-state index contributed by atoms with van der Waals surface area (Å²) in [6.07, 6.45) is 5.54. The predicted molar refractivity (Wildman–Crippen MR) is 116 cm³/mol. The fourth-order valence-electron chi connectivity index (χ4n) is 5.62. The Labute approximate surface area is 183 Å². The molecule has 7 nitrogen and oxygen atoms in total. The molecule has 2 aliphatic carbocycles. The van der Waals surface area contributed by atoms with Gasteiger partial charge in [-0.05, 0) is 81.9 Å². The van der Waals surface area contributed by atoms with Gasteiger partial charge in [0.25, 0.3) is 5.91 Å². The molecule has 2 bridgehead atoms. The SMILES string of the molecule is Cc1c(C)c2c(c(C)c1O)CCC(C)(C(=O)N[C@@H](CO)C(=O)NC1CC3CCC1C3)O2. The molecule has 1 aromatic rings. The summed E-state index contributed by atoms with van der Waals surface area (Å²) in [5.41, 5.74) is 2.08. The highest BCUT2D eigenvalue weighted by Gasteiger charge is 2.44. The topological polar surface area (TPSA) is 108 Å². The summed E-state index contributed by atoms with van der Waals surface area (Å²) in [5, 5.41) is 25.9. The third-order valence-electron chi connectivity index (χ3n) is 7.87. The number of hydrogen-bond donors (Lipinski definition) is 4. The smallest absolute Gasteiger partial charge is 0.264 e. The number of phenolic OH excluding ortho intramolecular Hbond substituents is 1. The van der Waals surface area contributed by atoms with Crippen molar-refractivity contribution in [1.29, 1.82) is 0 Å². The molecule has 31 heavy (non-hydrogen) atoms. The van der Waals surface area contributed by atoms with E-state index in [1.165, 1.54) is 12.8 Å². The molecule has 0 saturated heterocycles. The van der Waals surface area contributed by atoms with Crippen LogP contribution in [0.5, 0.6) is 11.5 Å². The highest BCUT2D eigenvalue weighted by molar-refractivity contribution is 5.92. The predicted octanol–water partition coefficient (Wildman–Crippen LogP) is 2.18. The molecule has 1 heterocycles. The normalized spacial score (nSPS) is 29.8. The number of aromatic hydroxyl groups is 1. The van der Waals surface area contributed by atoms with E-state index in [1.807, 2.05) is 20.8 Å². The van der Waals surface area contributed by atoms with Gasteiger partial charge in [-0.25, -0.2) is 0 Å². The maximum absolute atomic E-state index is 13.1. The fourth-order valence-corrected chi connectivity index (χ4v) is 5.62. The molecule has 4 unspecified atom stereocenters. The molecule has 0 radical (unpaired) electrons. The molecule has 1 aliphatic heterocycles. The number of ether oxygens (including phenoxy) is 1. The lowest BCUT2D eigenvalue weighted by Gasteiger charge is -2.37. The number of hydrogen-bond acceptors (Lipinski definition) is 5. The van der Waals surface area contributed by atoms with Crippen molar-refractivity contribution in [2.24, 2.45) is 11.8 Å². The monoisotopic (exact) mass is 430 g/mol. The number of aliphatic hydroxyl groups excluding tert-OH is 1. The molecule has 3 aliphatic rings. The lowest BCUT2D eigenvalue weighted by molar-refractivity contribution is -0.141. The molecule has 170 valence electrons. The minimum absolute atomic E-state index is 0.145. The Morgan fingerprint density at radius 2 is 1.90 bits per heavy atom. The molecule has 1 aromatic carbocycles. The number of rotatable bonds is 5. The molecule has 4 rings (SSSR count). The molecule has 2 saturated carbocycles. The van der Waals surface area contributed by atoms with E-state index >= 15 is 0 Å². The number of carbonyl (C=O) groups excluding carboxylic acids is 2. The van der Waals surface area contributed by atoms with Gasteiger partial charge in [0, 0.05) is 18.0 Å². The zero-order valence-electron chi connectivity index (χ0n) is 18.9. The molecule has 0 spiro atoms. The van der Waals surface area contributed by atoms with Gasteiger partial charge >= 0.3 is 0 Å². The second-order valence-corrected chi connectivity index (χ2v) is 9.86. The van der Waals surface area contributed by atoms with E-state index in [2.05, 4.69) is 10.6 Å². The van der Waals surface area contributed by atoms with E-state index < -0.39 is 24.2 Å². The zero-order valence-corrected chi connectivity index (χ0v) is 18.9. The second-order valence-electron chi connectivity index (χ2n) is 9.86. The van der Waals surface area contributed by atoms with Crippen LogP contribution >= 0.6 is 0 Å². The summed E-state index contributed by atoms with van der Waals surface area (Å²) < 4.78 is 6.19. The van der Waals surface area contributed by atoms with Crippen LogP contribution in [0.1, 0.15) is 61.3 Å². The first-order valence-corrected chi connectivity index (χ1v) is 11.4. The minimum Gasteiger partial charge on any atom is -0.507 e. The molecule has 0 aromatic heterocycles. The third kappa shape index (κ3) is 3.77. The quantitative estimate of drug-likeness (QED) is 0.573. The maximum Gasteiger partial charge on any atom is 0.264 e. The van der Waals surface area contributed by atoms with Crippen molar-refractivity contribution in [3.63, 3.8) is 0 Å². The van der Waals surface area contributed by atoms with Crippen molar-refractivity contribution in [1.82, 2.24) is 10.6 Å². The number of amides is 2. The van der Waals surface area contributed by atoms with Gasteiger partial charge in [0.05, 0.1) is 6.61 Å². The Hall–Kier alpha value is -2.28. The Balaban J connectivity index is 1.45. The lowest BCUT2D eigenvalue weighted by atomic mass is 9.86. The van der Waals surface area contributed by atoms with Crippen LogP contribution < -0.4 is 15.4 Å². The van der Waals surface area contributed by atoms with Gasteiger partial charge in [-0.1, -0.05) is 6.42 Å². The van der Waals surface area contributed by atoms with Crippen LogP contribution in [0.25, 0.3) is 0 Å². The van der Waals surface area contributed by atoms with Crippen molar-refractivity contribution >= 4 is 11.8 Å². The summed E-state index contributed by atoms with van der Waals surface area (Å²) in [7, 11) is 0. The summed E-state index contributed by atoms with van der Waals surface area (Å²) in [4.78, 5) is 25.9. The summed E-state index contributed by atoms with van der Waals surface area (Å²) in [6, 6.07) is -0.857. The molecular weight excluding hydrogens is 396 g/mol. The van der Waals surface area contributed by atoms with Gasteiger partial charge in [-0.15, -0.1) is 0 Å². The minimum atomic E-state index is -1.16. The average Bonchev–Trinajstić information content (AvgIpc) is 3.37. The van der Waals surface area contributed by atoms with Gasteiger partial charge < -0.3 is 25.6 Å². The van der Waals surface area contributed by atoms with Crippen molar-refractivity contribution < 1.29 is 24.5 Å². The van der Waals surface area contributed by atoms with Crippen molar-refractivity contribution in [3.8, 4) is 11.5 Å². The number of benzene rings is 1. The first kappa shape index (κ1) is 21.9. The van der Waals surface area contributed by atoms with Crippen LogP contribution in [0.2, 0.25) is 0 Å². The Kier molecular flexibility index (Phi) is 5.66. The third-order valence-corrected chi connectivity index (χ3v) is 7.87. The highest BCUT2D eigenvalue weighted by Crippen LogP contribution is 2.45. The van der Waals surface area contributed by atoms with Crippen LogP contribution in [0, 0.1) is 32.6 Å². The summed E-state index contributed by atoms with van der Waals surface area (Å²) in [6.45, 7) is 6.81. The van der Waals surface area contributed by atoms with E-state index in [0.717, 1.165) is 35.1 Å². The number of fused-ring (bicyclic) bond motifs is 3. The Bertz CT molecular complexity index is 914. The fraction of sp³-hybridized carbons (Fsp3) is 0.667. The van der Waals surface area contributed by atoms with E-state index in [1.54, 1.807) is 6.92 Å². The van der Waals surface area contributed by atoms with Crippen LogP contribution in [-0.4, -0.2) is 46.3 Å². The lowest BCUT2D eigenvalue weighted by Crippen LogP contribution is -2.58. The van der Waals surface area contributed by atoms with E-state index in [9.17, 15) is 19.8 Å². The highest BCUT2D eigenvalue weighted by atomic mass is 16.5.